The highest BCUT2D eigenvalue weighted by atomic mass is 35.5. The van der Waals surface area contributed by atoms with Crippen molar-refractivity contribution in [3.8, 4) is 0 Å². The summed E-state index contributed by atoms with van der Waals surface area (Å²) in [7, 11) is 1.95. The van der Waals surface area contributed by atoms with E-state index < -0.39 is 0 Å². The van der Waals surface area contributed by atoms with E-state index in [1.165, 1.54) is 10.9 Å². The van der Waals surface area contributed by atoms with E-state index in [9.17, 15) is 0 Å². The van der Waals surface area contributed by atoms with E-state index in [1.807, 2.05) is 26.2 Å². The number of halogens is 1. The molecule has 0 aliphatic carbocycles. The molecule has 0 fully saturated rings. The Morgan fingerprint density at radius 2 is 2.14 bits per heavy atom. The Morgan fingerprint density at radius 3 is 2.90 bits per heavy atom. The summed E-state index contributed by atoms with van der Waals surface area (Å²) in [4.78, 5) is 7.58. The zero-order chi connectivity index (χ0) is 14.8. The number of nitrogens with one attached hydrogen (secondary N) is 3. The third-order valence-corrected chi connectivity index (χ3v) is 3.85. The van der Waals surface area contributed by atoms with Gasteiger partial charge in [-0.05, 0) is 43.3 Å². The molecule has 2 aromatic heterocycles. The molecule has 3 rings (SSSR count). The van der Waals surface area contributed by atoms with Gasteiger partial charge in [-0.2, -0.15) is 0 Å². The highest BCUT2D eigenvalue weighted by molar-refractivity contribution is 6.31. The van der Waals surface area contributed by atoms with Crippen molar-refractivity contribution in [1.82, 2.24) is 15.3 Å². The van der Waals surface area contributed by atoms with Crippen molar-refractivity contribution in [3.63, 3.8) is 0 Å². The third-order valence-electron chi connectivity index (χ3n) is 3.45. The maximum absolute atomic E-state index is 5.99. The molecule has 0 aliphatic heterocycles. The largest absolute Gasteiger partial charge is 0.361 e. The lowest BCUT2D eigenvalue weighted by atomic mass is 10.1. The van der Waals surface area contributed by atoms with E-state index in [-0.39, 0.29) is 0 Å². The van der Waals surface area contributed by atoms with Crippen LogP contribution in [0.5, 0.6) is 0 Å². The molecular formula is C16H17ClN4. The van der Waals surface area contributed by atoms with Gasteiger partial charge < -0.3 is 15.6 Å². The molecular weight excluding hydrogens is 284 g/mol. The minimum atomic E-state index is 0.678. The molecule has 4 nitrogen and oxygen atoms in total. The van der Waals surface area contributed by atoms with Gasteiger partial charge in [0.2, 0.25) is 0 Å². The lowest BCUT2D eigenvalue weighted by Crippen LogP contribution is -2.03. The average Bonchev–Trinajstić information content (AvgIpc) is 2.86. The lowest BCUT2D eigenvalue weighted by molar-refractivity contribution is 0.823. The fourth-order valence-electron chi connectivity index (χ4n) is 2.36. The van der Waals surface area contributed by atoms with Crippen LogP contribution in [0.1, 0.15) is 11.1 Å². The maximum atomic E-state index is 5.99. The van der Waals surface area contributed by atoms with Crippen LogP contribution in [0.4, 0.5) is 11.5 Å². The summed E-state index contributed by atoms with van der Waals surface area (Å²) >= 11 is 5.99. The molecule has 0 saturated carbocycles. The number of benzene rings is 1. The summed E-state index contributed by atoms with van der Waals surface area (Å²) in [5.41, 5.74) is 4.37. The monoisotopic (exact) mass is 300 g/mol. The first-order valence-electron chi connectivity index (χ1n) is 6.81. The second-order valence-corrected chi connectivity index (χ2v) is 5.46. The standard InChI is InChI=1S/C16H17ClN4/c1-10-5-16(20-9-14(10)17)21-12-3-4-13-11(7-18-2)8-19-15(13)6-12/h3-6,8-9,18-19H,7H2,1-2H3,(H,20,21). The summed E-state index contributed by atoms with van der Waals surface area (Å²) in [6.07, 6.45) is 3.70. The molecule has 108 valence electrons. The second kappa shape index (κ2) is 5.76. The molecule has 0 atom stereocenters. The van der Waals surface area contributed by atoms with Gasteiger partial charge in [-0.3, -0.25) is 0 Å². The Kier molecular flexibility index (Phi) is 3.82. The van der Waals surface area contributed by atoms with E-state index in [4.69, 9.17) is 11.6 Å². The normalized spacial score (nSPS) is 11.0. The number of aromatic amines is 1. The Balaban J connectivity index is 1.89. The molecule has 3 N–H and O–H groups in total. The third kappa shape index (κ3) is 2.86. The number of pyridine rings is 1. The van der Waals surface area contributed by atoms with Crippen molar-refractivity contribution in [2.75, 3.05) is 12.4 Å². The SMILES string of the molecule is CNCc1c[nH]c2cc(Nc3cc(C)c(Cl)cn3)ccc12. The van der Waals surface area contributed by atoms with Crippen molar-refractivity contribution >= 4 is 34.0 Å². The molecule has 0 unspecified atom stereocenters. The number of hydrogen-bond acceptors (Lipinski definition) is 3. The van der Waals surface area contributed by atoms with E-state index in [0.717, 1.165) is 29.1 Å². The highest BCUT2D eigenvalue weighted by Crippen LogP contribution is 2.25. The Hall–Kier alpha value is -2.04. The van der Waals surface area contributed by atoms with Crippen LogP contribution in [-0.4, -0.2) is 17.0 Å². The molecule has 0 spiro atoms. The molecule has 0 bridgehead atoms. The minimum absolute atomic E-state index is 0.678. The molecule has 3 aromatic rings. The van der Waals surface area contributed by atoms with Gasteiger partial charge in [-0.1, -0.05) is 17.7 Å². The van der Waals surface area contributed by atoms with Gasteiger partial charge >= 0.3 is 0 Å². The van der Waals surface area contributed by atoms with Gasteiger partial charge in [0.15, 0.2) is 0 Å². The van der Waals surface area contributed by atoms with Crippen LogP contribution in [0.15, 0.2) is 36.7 Å². The summed E-state index contributed by atoms with van der Waals surface area (Å²) < 4.78 is 0. The molecule has 5 heteroatoms. The number of H-pyrrole nitrogens is 1. The lowest BCUT2D eigenvalue weighted by Gasteiger charge is -2.07. The van der Waals surface area contributed by atoms with Gasteiger partial charge in [0, 0.05) is 35.5 Å². The van der Waals surface area contributed by atoms with Gasteiger partial charge in [0.05, 0.1) is 5.02 Å². The predicted molar refractivity (Wildman–Crippen MR) is 88.3 cm³/mol. The van der Waals surface area contributed by atoms with Crippen LogP contribution in [0.25, 0.3) is 10.9 Å². The molecule has 2 heterocycles. The predicted octanol–water partition coefficient (Wildman–Crippen LogP) is 3.99. The number of anilines is 2. The van der Waals surface area contributed by atoms with Crippen LogP contribution >= 0.6 is 11.6 Å². The van der Waals surface area contributed by atoms with Crippen molar-refractivity contribution in [3.05, 3.63) is 52.8 Å². The van der Waals surface area contributed by atoms with Crippen LogP contribution < -0.4 is 10.6 Å². The highest BCUT2D eigenvalue weighted by Gasteiger charge is 2.05. The van der Waals surface area contributed by atoms with E-state index >= 15 is 0 Å². The van der Waals surface area contributed by atoms with Crippen molar-refractivity contribution in [1.29, 1.82) is 0 Å². The zero-order valence-corrected chi connectivity index (χ0v) is 12.8. The molecule has 0 saturated heterocycles. The quantitative estimate of drug-likeness (QED) is 0.683. The Morgan fingerprint density at radius 1 is 1.29 bits per heavy atom. The molecule has 0 aliphatic rings. The Labute approximate surface area is 128 Å². The number of aryl methyl sites for hydroxylation is 1. The van der Waals surface area contributed by atoms with Crippen molar-refractivity contribution in [2.45, 2.75) is 13.5 Å². The zero-order valence-electron chi connectivity index (χ0n) is 12.0. The molecule has 0 radical (unpaired) electrons. The van der Waals surface area contributed by atoms with Gasteiger partial charge in [0.25, 0.3) is 0 Å². The fourth-order valence-corrected chi connectivity index (χ4v) is 2.46. The number of nitrogens with zero attached hydrogens (tertiary/aromatic N) is 1. The first kappa shape index (κ1) is 13.9. The smallest absolute Gasteiger partial charge is 0.130 e. The van der Waals surface area contributed by atoms with Crippen LogP contribution in [0.3, 0.4) is 0 Å². The summed E-state index contributed by atoms with van der Waals surface area (Å²) in [5.74, 6) is 0.790. The second-order valence-electron chi connectivity index (χ2n) is 5.05. The number of fused-ring (bicyclic) bond motifs is 1. The van der Waals surface area contributed by atoms with Crippen LogP contribution in [-0.2, 0) is 6.54 Å². The van der Waals surface area contributed by atoms with Crippen LogP contribution in [0.2, 0.25) is 5.02 Å². The fraction of sp³-hybridized carbons (Fsp3) is 0.188. The topological polar surface area (TPSA) is 52.7 Å². The van der Waals surface area contributed by atoms with E-state index in [0.29, 0.717) is 5.02 Å². The minimum Gasteiger partial charge on any atom is -0.361 e. The van der Waals surface area contributed by atoms with Gasteiger partial charge in [-0.25, -0.2) is 4.98 Å². The first-order valence-corrected chi connectivity index (χ1v) is 7.19. The first-order chi connectivity index (χ1) is 10.2. The number of hydrogen-bond donors (Lipinski definition) is 3. The number of aromatic nitrogens is 2. The molecule has 1 aromatic carbocycles. The average molecular weight is 301 g/mol. The van der Waals surface area contributed by atoms with E-state index in [2.05, 4.69) is 38.8 Å². The van der Waals surface area contributed by atoms with Gasteiger partial charge in [0.1, 0.15) is 5.82 Å². The number of rotatable bonds is 4. The van der Waals surface area contributed by atoms with Crippen LogP contribution in [0, 0.1) is 6.92 Å². The van der Waals surface area contributed by atoms with E-state index in [1.54, 1.807) is 6.20 Å². The van der Waals surface area contributed by atoms with Crippen molar-refractivity contribution in [2.24, 2.45) is 0 Å². The maximum Gasteiger partial charge on any atom is 0.130 e. The van der Waals surface area contributed by atoms with Gasteiger partial charge in [-0.15, -0.1) is 0 Å². The summed E-state index contributed by atoms with van der Waals surface area (Å²) in [5, 5.41) is 8.38. The molecule has 21 heavy (non-hydrogen) atoms. The summed E-state index contributed by atoms with van der Waals surface area (Å²) in [6, 6.07) is 8.19. The Bertz CT molecular complexity index is 779. The molecule has 0 amide bonds. The van der Waals surface area contributed by atoms with Crippen molar-refractivity contribution < 1.29 is 0 Å². The summed E-state index contributed by atoms with van der Waals surface area (Å²) in [6.45, 7) is 2.82.